The molecule has 0 saturated carbocycles. The average Bonchev–Trinajstić information content (AvgIpc) is 2.85. The topological polar surface area (TPSA) is 67.8 Å². The smallest absolute Gasteiger partial charge is 0.256 e. The lowest BCUT2D eigenvalue weighted by atomic mass is 10.0. The zero-order chi connectivity index (χ0) is 17.4. The van der Waals surface area contributed by atoms with Crippen molar-refractivity contribution in [3.63, 3.8) is 0 Å². The van der Waals surface area contributed by atoms with Gasteiger partial charge in [-0.15, -0.1) is 0 Å². The van der Waals surface area contributed by atoms with Crippen molar-refractivity contribution in [2.24, 2.45) is 0 Å². The van der Waals surface area contributed by atoms with Gasteiger partial charge in [-0.25, -0.2) is 0 Å². The van der Waals surface area contributed by atoms with Crippen molar-refractivity contribution >= 4 is 68.4 Å². The van der Waals surface area contributed by atoms with Gasteiger partial charge in [-0.2, -0.15) is 0 Å². The minimum absolute atomic E-state index is 0.158. The predicted octanol–water partition coefficient (Wildman–Crippen LogP) is 4.11. The van der Waals surface area contributed by atoms with E-state index in [1.807, 2.05) is 12.1 Å². The molecule has 24 heavy (non-hydrogen) atoms. The minimum atomic E-state index is -0.228. The molecule has 0 fully saturated rings. The minimum Gasteiger partial charge on any atom is -0.506 e. The first-order valence-electron chi connectivity index (χ1n) is 6.92. The second-order valence-corrected chi connectivity index (χ2v) is 7.50. The zero-order valence-corrected chi connectivity index (χ0v) is 17.1. The molecule has 3 rings (SSSR count). The molecule has 7 heteroatoms. The first-order valence-corrected chi connectivity index (χ1v) is 9.07. The molecule has 0 unspecified atom stereocenters. The molecule has 1 aliphatic rings. The number of amides is 1. The van der Waals surface area contributed by atoms with E-state index in [4.69, 9.17) is 9.47 Å². The van der Waals surface area contributed by atoms with Gasteiger partial charge in [0.15, 0.2) is 11.5 Å². The monoisotopic (exact) mass is 549 g/mol. The molecule has 0 bridgehead atoms. The summed E-state index contributed by atoms with van der Waals surface area (Å²) in [6.45, 7) is 0. The summed E-state index contributed by atoms with van der Waals surface area (Å²) < 4.78 is 12.3. The number of benzene rings is 2. The number of nitrogens with one attached hydrogen (secondary N) is 1. The lowest BCUT2D eigenvalue weighted by molar-refractivity contribution is -0.110. The molecule has 2 aromatic carbocycles. The van der Waals surface area contributed by atoms with E-state index in [1.165, 1.54) is 0 Å². The first kappa shape index (κ1) is 17.3. The summed E-state index contributed by atoms with van der Waals surface area (Å²) in [5.41, 5.74) is 2.44. The van der Waals surface area contributed by atoms with E-state index >= 15 is 0 Å². The van der Waals surface area contributed by atoms with Gasteiger partial charge in [0.25, 0.3) is 5.91 Å². The summed E-state index contributed by atoms with van der Waals surface area (Å²) in [6, 6.07) is 7.19. The van der Waals surface area contributed by atoms with Crippen molar-refractivity contribution in [1.29, 1.82) is 0 Å². The fraction of sp³-hybridized carbons (Fsp3) is 0.118. The Morgan fingerprint density at radius 3 is 2.42 bits per heavy atom. The molecule has 1 aliphatic heterocycles. The van der Waals surface area contributed by atoms with Crippen LogP contribution in [0.25, 0.3) is 11.6 Å². The fourth-order valence-electron chi connectivity index (χ4n) is 2.51. The Morgan fingerprint density at radius 1 is 1.08 bits per heavy atom. The van der Waals surface area contributed by atoms with Gasteiger partial charge in [-0.3, -0.25) is 4.79 Å². The van der Waals surface area contributed by atoms with Gasteiger partial charge in [-0.05, 0) is 69.5 Å². The molecule has 1 amide bonds. The van der Waals surface area contributed by atoms with E-state index in [2.05, 4.69) is 50.5 Å². The van der Waals surface area contributed by atoms with E-state index in [0.29, 0.717) is 33.9 Å². The molecule has 0 atom stereocenters. The first-order chi connectivity index (χ1) is 11.4. The molecular weight excluding hydrogens is 536 g/mol. The van der Waals surface area contributed by atoms with E-state index in [0.717, 1.165) is 7.14 Å². The quantitative estimate of drug-likeness (QED) is 0.447. The fourth-order valence-corrected chi connectivity index (χ4v) is 4.40. The van der Waals surface area contributed by atoms with E-state index in [1.54, 1.807) is 32.4 Å². The molecule has 0 saturated heterocycles. The van der Waals surface area contributed by atoms with Crippen LogP contribution in [0.4, 0.5) is 5.69 Å². The second-order valence-electron chi connectivity index (χ2n) is 5.09. The molecule has 2 N–H and O–H groups in total. The van der Waals surface area contributed by atoms with Crippen LogP contribution >= 0.6 is 45.2 Å². The number of carbonyl (C=O) groups excluding carboxylic acids is 1. The Balaban J connectivity index is 2.17. The number of fused-ring (bicyclic) bond motifs is 1. The highest BCUT2D eigenvalue weighted by Crippen LogP contribution is 2.42. The number of hydrogen-bond donors (Lipinski definition) is 2. The van der Waals surface area contributed by atoms with Crippen LogP contribution in [0.3, 0.4) is 0 Å². The summed E-state index contributed by atoms with van der Waals surface area (Å²) in [5, 5.41) is 13.1. The highest BCUT2D eigenvalue weighted by atomic mass is 127. The Labute approximate surface area is 166 Å². The van der Waals surface area contributed by atoms with E-state index in [-0.39, 0.29) is 11.7 Å². The molecule has 0 aromatic heterocycles. The van der Waals surface area contributed by atoms with Gasteiger partial charge >= 0.3 is 0 Å². The van der Waals surface area contributed by atoms with Crippen molar-refractivity contribution in [1.82, 2.24) is 0 Å². The van der Waals surface area contributed by atoms with Crippen molar-refractivity contribution < 1.29 is 19.4 Å². The van der Waals surface area contributed by atoms with Crippen LogP contribution in [-0.4, -0.2) is 25.2 Å². The normalized spacial score (nSPS) is 14.5. The standard InChI is InChI=1S/C17H13I2NO4/c1-23-14-6-10-11(17(22)20-13(10)7-15(14)24-2)4-8-3-9(18)5-12(19)16(8)21/h3-7,21H,1-2H3,(H,20,22). The van der Waals surface area contributed by atoms with Crippen LogP contribution < -0.4 is 14.8 Å². The van der Waals surface area contributed by atoms with Gasteiger partial charge in [-0.1, -0.05) is 0 Å². The van der Waals surface area contributed by atoms with Crippen LogP contribution in [0.1, 0.15) is 11.1 Å². The predicted molar refractivity (Wildman–Crippen MR) is 110 cm³/mol. The number of hydrogen-bond acceptors (Lipinski definition) is 4. The van der Waals surface area contributed by atoms with Crippen LogP contribution in [0.15, 0.2) is 24.3 Å². The number of ether oxygens (including phenoxy) is 2. The number of anilines is 1. The lowest BCUT2D eigenvalue weighted by Gasteiger charge is -2.10. The Kier molecular flexibility index (Phi) is 4.90. The number of phenolic OH excluding ortho intramolecular Hbond substituents is 1. The molecule has 2 aromatic rings. The number of phenols is 1. The molecule has 1 heterocycles. The Bertz CT molecular complexity index is 877. The summed E-state index contributed by atoms with van der Waals surface area (Å²) in [5.74, 6) is 1.02. The maximum atomic E-state index is 12.4. The zero-order valence-electron chi connectivity index (χ0n) is 12.8. The van der Waals surface area contributed by atoms with Gasteiger partial charge in [0.2, 0.25) is 0 Å². The molecule has 5 nitrogen and oxygen atoms in total. The maximum absolute atomic E-state index is 12.4. The Hall–Kier alpha value is -1.49. The van der Waals surface area contributed by atoms with Crippen LogP contribution in [-0.2, 0) is 4.79 Å². The van der Waals surface area contributed by atoms with Crippen LogP contribution in [0.5, 0.6) is 17.2 Å². The largest absolute Gasteiger partial charge is 0.506 e. The van der Waals surface area contributed by atoms with E-state index in [9.17, 15) is 9.90 Å². The summed E-state index contributed by atoms with van der Waals surface area (Å²) >= 11 is 4.24. The Morgan fingerprint density at radius 2 is 1.75 bits per heavy atom. The second kappa shape index (κ2) is 6.79. The average molecular weight is 549 g/mol. The highest BCUT2D eigenvalue weighted by molar-refractivity contribution is 14.1. The molecule has 124 valence electrons. The molecule has 0 aliphatic carbocycles. The van der Waals surface area contributed by atoms with Gasteiger partial charge in [0, 0.05) is 26.3 Å². The maximum Gasteiger partial charge on any atom is 0.256 e. The summed E-state index contributed by atoms with van der Waals surface area (Å²) in [6.07, 6.45) is 1.69. The van der Waals surface area contributed by atoms with Crippen molar-refractivity contribution in [2.45, 2.75) is 0 Å². The van der Waals surface area contributed by atoms with E-state index < -0.39 is 0 Å². The molecule has 0 radical (unpaired) electrons. The highest BCUT2D eigenvalue weighted by Gasteiger charge is 2.27. The third-order valence-electron chi connectivity index (χ3n) is 3.66. The lowest BCUT2D eigenvalue weighted by Crippen LogP contribution is -2.03. The van der Waals surface area contributed by atoms with Crippen LogP contribution in [0.2, 0.25) is 0 Å². The van der Waals surface area contributed by atoms with Gasteiger partial charge in [0.05, 0.1) is 23.5 Å². The van der Waals surface area contributed by atoms with Crippen molar-refractivity contribution in [2.75, 3.05) is 19.5 Å². The summed E-state index contributed by atoms with van der Waals surface area (Å²) in [4.78, 5) is 12.4. The number of halogens is 2. The molecule has 0 spiro atoms. The number of aromatic hydroxyl groups is 1. The number of carbonyl (C=O) groups is 1. The van der Waals surface area contributed by atoms with Crippen LogP contribution in [0, 0.1) is 7.14 Å². The number of methoxy groups -OCH3 is 2. The SMILES string of the molecule is COc1cc2c(cc1OC)C(=Cc1cc(I)cc(I)c1O)C(=O)N2. The van der Waals surface area contributed by atoms with Gasteiger partial charge < -0.3 is 19.9 Å². The third-order valence-corrected chi connectivity index (χ3v) is 5.11. The molecular formula is C17H13I2NO4. The van der Waals surface area contributed by atoms with Gasteiger partial charge in [0.1, 0.15) is 5.75 Å². The van der Waals surface area contributed by atoms with Crippen molar-refractivity contribution in [3.05, 3.63) is 42.5 Å². The summed E-state index contributed by atoms with van der Waals surface area (Å²) in [7, 11) is 3.09. The number of rotatable bonds is 3. The third kappa shape index (κ3) is 3.06. The van der Waals surface area contributed by atoms with Crippen molar-refractivity contribution in [3.8, 4) is 17.2 Å².